The van der Waals surface area contributed by atoms with Crippen molar-refractivity contribution in [3.05, 3.63) is 0 Å². The summed E-state index contributed by atoms with van der Waals surface area (Å²) in [6, 6.07) is -0.481. The van der Waals surface area contributed by atoms with E-state index in [0.29, 0.717) is 12.3 Å². The smallest absolute Gasteiger partial charge is 0.407 e. The third-order valence-electron chi connectivity index (χ3n) is 4.46. The minimum Gasteiger partial charge on any atom is -0.444 e. The highest BCUT2D eigenvalue weighted by Crippen LogP contribution is 2.29. The Labute approximate surface area is 140 Å². The van der Waals surface area contributed by atoms with E-state index in [1.54, 1.807) is 0 Å². The molecule has 0 aromatic carbocycles. The fourth-order valence-corrected chi connectivity index (χ4v) is 3.16. The molecule has 0 aromatic heterocycles. The Morgan fingerprint density at radius 3 is 2.17 bits per heavy atom. The van der Waals surface area contributed by atoms with E-state index in [2.05, 4.69) is 5.32 Å². The summed E-state index contributed by atoms with van der Waals surface area (Å²) in [5, 5.41) is 23.5. The van der Waals surface area contributed by atoms with E-state index in [0.717, 1.165) is 12.8 Å². The molecule has 23 heavy (non-hydrogen) atoms. The molecule has 0 bridgehead atoms. The predicted molar refractivity (Wildman–Crippen MR) is 91.2 cm³/mol. The topological polar surface area (TPSA) is 78.8 Å². The van der Waals surface area contributed by atoms with Gasteiger partial charge in [0.15, 0.2) is 0 Å². The number of nitrogens with one attached hydrogen (secondary N) is 1. The molecule has 3 atom stereocenters. The van der Waals surface area contributed by atoms with E-state index in [4.69, 9.17) is 4.74 Å². The van der Waals surface area contributed by atoms with Crippen molar-refractivity contribution < 1.29 is 19.7 Å². The van der Waals surface area contributed by atoms with Gasteiger partial charge >= 0.3 is 6.09 Å². The number of hydrogen-bond acceptors (Lipinski definition) is 4. The third-order valence-corrected chi connectivity index (χ3v) is 4.46. The van der Waals surface area contributed by atoms with Gasteiger partial charge in [-0.05, 0) is 39.0 Å². The van der Waals surface area contributed by atoms with Gasteiger partial charge in [0.1, 0.15) is 11.7 Å². The normalized spacial score (nSPS) is 20.9. The molecule has 1 saturated carbocycles. The number of alkyl carbamates (subject to hydrolysis) is 1. The molecule has 5 nitrogen and oxygen atoms in total. The van der Waals surface area contributed by atoms with Crippen LogP contribution in [-0.2, 0) is 4.74 Å². The lowest BCUT2D eigenvalue weighted by Gasteiger charge is -2.33. The molecule has 136 valence electrons. The predicted octanol–water partition coefficient (Wildman–Crippen LogP) is 3.23. The second kappa shape index (κ2) is 8.88. The van der Waals surface area contributed by atoms with Crippen molar-refractivity contribution >= 4 is 6.09 Å². The van der Waals surface area contributed by atoms with Gasteiger partial charge in [0.2, 0.25) is 0 Å². The highest BCUT2D eigenvalue weighted by Gasteiger charge is 2.33. The van der Waals surface area contributed by atoms with E-state index in [-0.39, 0.29) is 5.92 Å². The summed E-state index contributed by atoms with van der Waals surface area (Å²) in [6.45, 7) is 9.14. The van der Waals surface area contributed by atoms with Crippen LogP contribution >= 0.6 is 0 Å². The SMILES string of the molecule is CC(C)C(O)C(O)C(CC1CCCCC1)NC(=O)OC(C)(C)C. The highest BCUT2D eigenvalue weighted by molar-refractivity contribution is 5.68. The van der Waals surface area contributed by atoms with Crippen LogP contribution in [0.4, 0.5) is 4.79 Å². The summed E-state index contributed by atoms with van der Waals surface area (Å²) >= 11 is 0. The van der Waals surface area contributed by atoms with Crippen molar-refractivity contribution in [3.63, 3.8) is 0 Å². The molecule has 1 amide bonds. The molecule has 0 saturated heterocycles. The van der Waals surface area contributed by atoms with Crippen molar-refractivity contribution in [2.45, 2.75) is 97.0 Å². The number of aliphatic hydroxyl groups is 2. The molecule has 5 heteroatoms. The van der Waals surface area contributed by atoms with Crippen LogP contribution in [0.3, 0.4) is 0 Å². The molecule has 1 aliphatic rings. The van der Waals surface area contributed by atoms with Crippen molar-refractivity contribution in [1.29, 1.82) is 0 Å². The second-order valence-electron chi connectivity index (χ2n) is 8.22. The van der Waals surface area contributed by atoms with E-state index >= 15 is 0 Å². The molecule has 0 radical (unpaired) electrons. The summed E-state index contributed by atoms with van der Waals surface area (Å²) < 4.78 is 5.30. The Hall–Kier alpha value is -0.810. The summed E-state index contributed by atoms with van der Waals surface area (Å²) in [6.07, 6.45) is 4.21. The minimum atomic E-state index is -0.982. The molecule has 1 aliphatic carbocycles. The molecule has 3 unspecified atom stereocenters. The monoisotopic (exact) mass is 329 g/mol. The Morgan fingerprint density at radius 1 is 1.13 bits per heavy atom. The van der Waals surface area contributed by atoms with Gasteiger partial charge in [-0.15, -0.1) is 0 Å². The van der Waals surface area contributed by atoms with E-state index in [1.807, 2.05) is 34.6 Å². The summed E-state index contributed by atoms with van der Waals surface area (Å²) in [4.78, 5) is 12.1. The lowest BCUT2D eigenvalue weighted by atomic mass is 9.82. The molecule has 0 aliphatic heterocycles. The van der Waals surface area contributed by atoms with Crippen LogP contribution in [-0.4, -0.2) is 40.2 Å². The molecular formula is C18H35NO4. The largest absolute Gasteiger partial charge is 0.444 e. The van der Waals surface area contributed by atoms with Crippen molar-refractivity contribution in [2.75, 3.05) is 0 Å². The van der Waals surface area contributed by atoms with Gasteiger partial charge in [0, 0.05) is 0 Å². The van der Waals surface area contributed by atoms with E-state index < -0.39 is 29.9 Å². The van der Waals surface area contributed by atoms with E-state index in [1.165, 1.54) is 19.3 Å². The fourth-order valence-electron chi connectivity index (χ4n) is 3.16. The number of hydrogen-bond donors (Lipinski definition) is 3. The quantitative estimate of drug-likeness (QED) is 0.699. The van der Waals surface area contributed by atoms with Crippen LogP contribution in [0.25, 0.3) is 0 Å². The van der Waals surface area contributed by atoms with Crippen LogP contribution in [0.1, 0.15) is 73.1 Å². The van der Waals surface area contributed by atoms with Crippen LogP contribution in [0.5, 0.6) is 0 Å². The maximum Gasteiger partial charge on any atom is 0.407 e. The first-order chi connectivity index (χ1) is 10.6. The highest BCUT2D eigenvalue weighted by atomic mass is 16.6. The lowest BCUT2D eigenvalue weighted by Crippen LogP contribution is -2.51. The Balaban J connectivity index is 2.72. The fraction of sp³-hybridized carbons (Fsp3) is 0.944. The molecule has 1 fully saturated rings. The Bertz CT molecular complexity index is 359. The molecule has 0 aromatic rings. The summed E-state index contributed by atoms with van der Waals surface area (Å²) in [5.74, 6) is 0.414. The number of carbonyl (C=O) groups excluding carboxylic acids is 1. The average molecular weight is 329 g/mol. The van der Waals surface area contributed by atoms with Gasteiger partial charge in [0.05, 0.1) is 12.1 Å². The van der Waals surface area contributed by atoms with Crippen molar-refractivity contribution in [3.8, 4) is 0 Å². The van der Waals surface area contributed by atoms with Gasteiger partial charge in [-0.1, -0.05) is 46.0 Å². The van der Waals surface area contributed by atoms with Crippen LogP contribution in [0, 0.1) is 11.8 Å². The van der Waals surface area contributed by atoms with Gasteiger partial charge < -0.3 is 20.3 Å². The first-order valence-electron chi connectivity index (χ1n) is 8.96. The van der Waals surface area contributed by atoms with Gasteiger partial charge in [-0.2, -0.15) is 0 Å². The molecular weight excluding hydrogens is 294 g/mol. The van der Waals surface area contributed by atoms with Gasteiger partial charge in [-0.25, -0.2) is 4.79 Å². The Morgan fingerprint density at radius 2 is 1.70 bits per heavy atom. The standard InChI is InChI=1S/C18H35NO4/c1-12(2)15(20)16(21)14(11-13-9-7-6-8-10-13)19-17(22)23-18(3,4)5/h12-16,20-21H,6-11H2,1-5H3,(H,19,22). The van der Waals surface area contributed by atoms with Gasteiger partial charge in [0.25, 0.3) is 0 Å². The van der Waals surface area contributed by atoms with Crippen LogP contribution in [0.15, 0.2) is 0 Å². The van der Waals surface area contributed by atoms with Crippen LogP contribution < -0.4 is 5.32 Å². The minimum absolute atomic E-state index is 0.0701. The number of rotatable bonds is 6. The number of aliphatic hydroxyl groups excluding tert-OH is 2. The van der Waals surface area contributed by atoms with Gasteiger partial charge in [-0.3, -0.25) is 0 Å². The zero-order valence-corrected chi connectivity index (χ0v) is 15.3. The maximum atomic E-state index is 12.1. The summed E-state index contributed by atoms with van der Waals surface area (Å²) in [7, 11) is 0. The summed E-state index contributed by atoms with van der Waals surface area (Å²) in [5.41, 5.74) is -0.582. The molecule has 0 heterocycles. The number of amides is 1. The molecule has 1 rings (SSSR count). The second-order valence-corrected chi connectivity index (χ2v) is 8.22. The lowest BCUT2D eigenvalue weighted by molar-refractivity contribution is -0.0355. The number of ether oxygens (including phenoxy) is 1. The maximum absolute atomic E-state index is 12.1. The zero-order valence-electron chi connectivity index (χ0n) is 15.3. The third kappa shape index (κ3) is 7.53. The zero-order chi connectivity index (χ0) is 17.6. The number of carbonyl (C=O) groups is 1. The van der Waals surface area contributed by atoms with E-state index in [9.17, 15) is 15.0 Å². The van der Waals surface area contributed by atoms with Crippen molar-refractivity contribution in [1.82, 2.24) is 5.32 Å². The Kier molecular flexibility index (Phi) is 7.81. The van der Waals surface area contributed by atoms with Crippen LogP contribution in [0.2, 0.25) is 0 Å². The first-order valence-corrected chi connectivity index (χ1v) is 8.96. The molecule has 3 N–H and O–H groups in total. The van der Waals surface area contributed by atoms with Crippen molar-refractivity contribution in [2.24, 2.45) is 11.8 Å². The first kappa shape index (κ1) is 20.2. The molecule has 0 spiro atoms. The average Bonchev–Trinajstić information content (AvgIpc) is 2.44.